The van der Waals surface area contributed by atoms with Gasteiger partial charge in [0.1, 0.15) is 0 Å². The number of piperidine rings is 1. The smallest absolute Gasteiger partial charge is 0.662 e. The van der Waals surface area contributed by atoms with Gasteiger partial charge in [0.15, 0.2) is 0 Å². The zero-order valence-electron chi connectivity index (χ0n) is 8.72. The summed E-state index contributed by atoms with van der Waals surface area (Å²) in [5, 5.41) is 4.31. The Bertz CT molecular complexity index is 66.0. The predicted molar refractivity (Wildman–Crippen MR) is 47.4 cm³/mol. The zero-order chi connectivity index (χ0) is 7.98. The summed E-state index contributed by atoms with van der Waals surface area (Å²) in [7, 11) is 0. The van der Waals surface area contributed by atoms with Gasteiger partial charge in [-0.3, -0.25) is 0 Å². The first-order chi connectivity index (χ1) is 4.80. The second kappa shape index (κ2) is 9.85. The molecular formula is C9H20NRb. The van der Waals surface area contributed by atoms with Gasteiger partial charge in [-0.1, -0.05) is 40.0 Å². The number of hydrogen-bond acceptors (Lipinski definition) is 0. The maximum absolute atomic E-state index is 4.31. The van der Waals surface area contributed by atoms with Crippen molar-refractivity contribution in [2.75, 3.05) is 13.1 Å². The molecule has 0 N–H and O–H groups in total. The van der Waals surface area contributed by atoms with E-state index in [0.29, 0.717) is 0 Å². The van der Waals surface area contributed by atoms with E-state index < -0.39 is 0 Å². The molecule has 1 heterocycles. The van der Waals surface area contributed by atoms with Crippen LogP contribution in [0.5, 0.6) is 0 Å². The molecule has 0 radical (unpaired) electrons. The largest absolute Gasteiger partial charge is 1.00 e. The van der Waals surface area contributed by atoms with Crippen LogP contribution < -0.4 is 58.2 Å². The van der Waals surface area contributed by atoms with Crippen LogP contribution in [0.15, 0.2) is 0 Å². The molecule has 2 unspecified atom stereocenters. The van der Waals surface area contributed by atoms with E-state index in [4.69, 9.17) is 0 Å². The molecule has 1 fully saturated rings. The van der Waals surface area contributed by atoms with Gasteiger partial charge in [0.2, 0.25) is 0 Å². The van der Waals surface area contributed by atoms with E-state index in [1.807, 2.05) is 13.8 Å². The van der Waals surface area contributed by atoms with Crippen molar-refractivity contribution in [3.8, 4) is 0 Å². The van der Waals surface area contributed by atoms with Crippen molar-refractivity contribution in [1.29, 1.82) is 0 Å². The van der Waals surface area contributed by atoms with E-state index in [1.165, 1.54) is 6.42 Å². The Morgan fingerprint density at radius 3 is 1.91 bits per heavy atom. The van der Waals surface area contributed by atoms with Crippen molar-refractivity contribution < 1.29 is 58.2 Å². The van der Waals surface area contributed by atoms with Crippen molar-refractivity contribution in [3.63, 3.8) is 0 Å². The van der Waals surface area contributed by atoms with Gasteiger partial charge in [-0.15, -0.1) is 13.1 Å². The molecule has 0 aromatic rings. The Morgan fingerprint density at radius 1 is 1.09 bits per heavy atom. The fraction of sp³-hybridized carbons (Fsp3) is 1.00. The van der Waals surface area contributed by atoms with Crippen molar-refractivity contribution in [2.45, 2.75) is 34.1 Å². The summed E-state index contributed by atoms with van der Waals surface area (Å²) < 4.78 is 0. The van der Waals surface area contributed by atoms with Gasteiger partial charge in [0.25, 0.3) is 0 Å². The Kier molecular flexibility index (Phi) is 13.7. The maximum Gasteiger partial charge on any atom is 1.00 e. The van der Waals surface area contributed by atoms with Crippen molar-refractivity contribution >= 4 is 0 Å². The van der Waals surface area contributed by atoms with Crippen LogP contribution in [-0.2, 0) is 0 Å². The van der Waals surface area contributed by atoms with Crippen LogP contribution in [0.1, 0.15) is 34.1 Å². The van der Waals surface area contributed by atoms with Gasteiger partial charge in [-0.05, 0) is 5.92 Å². The number of rotatable bonds is 0. The molecule has 0 saturated carbocycles. The molecule has 1 aliphatic rings. The summed E-state index contributed by atoms with van der Waals surface area (Å²) in [4.78, 5) is 0. The minimum atomic E-state index is 0. The summed E-state index contributed by atoms with van der Waals surface area (Å²) in [6.45, 7) is 10.8. The molecule has 0 aromatic heterocycles. The Hall–Kier alpha value is 1.77. The molecule has 0 spiro atoms. The van der Waals surface area contributed by atoms with E-state index in [9.17, 15) is 0 Å². The van der Waals surface area contributed by atoms with Gasteiger partial charge < -0.3 is 5.32 Å². The van der Waals surface area contributed by atoms with E-state index in [1.54, 1.807) is 0 Å². The topological polar surface area (TPSA) is 14.1 Å². The molecular weight excluding hydrogens is 208 g/mol. The molecule has 2 heteroatoms. The second-order valence-corrected chi connectivity index (χ2v) is 2.87. The molecule has 1 rings (SSSR count). The van der Waals surface area contributed by atoms with Crippen molar-refractivity contribution in [1.82, 2.24) is 0 Å². The average Bonchev–Trinajstić information content (AvgIpc) is 2.00. The van der Waals surface area contributed by atoms with Crippen LogP contribution in [0.3, 0.4) is 0 Å². The standard InChI is InChI=1S/C7H14N.C2H6.Rb/c1-6-3-4-8-5-7(6)2;1-2;/h6-7H,3-5H2,1-2H3;1-2H3;/q-1;;+1. The Balaban J connectivity index is 0. The summed E-state index contributed by atoms with van der Waals surface area (Å²) in [5.74, 6) is 1.75. The molecule has 0 aliphatic carbocycles. The first-order valence-corrected chi connectivity index (χ1v) is 4.44. The van der Waals surface area contributed by atoms with E-state index in [-0.39, 0.29) is 58.2 Å². The first kappa shape index (κ1) is 15.2. The Labute approximate surface area is 121 Å². The van der Waals surface area contributed by atoms with E-state index in [0.717, 1.165) is 24.9 Å². The van der Waals surface area contributed by atoms with E-state index in [2.05, 4.69) is 19.2 Å². The van der Waals surface area contributed by atoms with Crippen LogP contribution in [0, 0.1) is 11.8 Å². The van der Waals surface area contributed by atoms with Crippen LogP contribution >= 0.6 is 0 Å². The van der Waals surface area contributed by atoms with E-state index >= 15 is 0 Å². The second-order valence-electron chi connectivity index (χ2n) is 2.87. The fourth-order valence-corrected chi connectivity index (χ4v) is 1.05. The number of hydrogen-bond donors (Lipinski definition) is 0. The van der Waals surface area contributed by atoms with Crippen LogP contribution in [0.2, 0.25) is 0 Å². The van der Waals surface area contributed by atoms with Gasteiger partial charge in [-0.25, -0.2) is 0 Å². The molecule has 1 saturated heterocycles. The third kappa shape index (κ3) is 6.89. The zero-order valence-corrected chi connectivity index (χ0v) is 13.6. The molecule has 2 atom stereocenters. The average molecular weight is 228 g/mol. The SMILES string of the molecule is CC.CC1CC[N-]CC1C.[Rb+]. The first-order valence-electron chi connectivity index (χ1n) is 4.44. The molecule has 1 aliphatic heterocycles. The normalized spacial score (nSPS) is 29.5. The van der Waals surface area contributed by atoms with Crippen LogP contribution in [0.4, 0.5) is 0 Å². The van der Waals surface area contributed by atoms with Gasteiger partial charge in [-0.2, -0.15) is 0 Å². The molecule has 0 bridgehead atoms. The summed E-state index contributed by atoms with van der Waals surface area (Å²) in [5.41, 5.74) is 0. The van der Waals surface area contributed by atoms with Gasteiger partial charge >= 0.3 is 58.2 Å². The van der Waals surface area contributed by atoms with Crippen LogP contribution in [0.25, 0.3) is 5.32 Å². The van der Waals surface area contributed by atoms with Gasteiger partial charge in [0, 0.05) is 0 Å². The molecule has 0 aromatic carbocycles. The maximum atomic E-state index is 4.31. The quantitative estimate of drug-likeness (QED) is 0.556. The monoisotopic (exact) mass is 227 g/mol. The summed E-state index contributed by atoms with van der Waals surface area (Å²) in [6.07, 6.45) is 1.31. The fourth-order valence-electron chi connectivity index (χ4n) is 1.05. The molecule has 11 heavy (non-hydrogen) atoms. The molecule has 62 valence electrons. The minimum absolute atomic E-state index is 0. The minimum Gasteiger partial charge on any atom is -0.662 e. The molecule has 0 amide bonds. The summed E-state index contributed by atoms with van der Waals surface area (Å²) in [6, 6.07) is 0. The van der Waals surface area contributed by atoms with Crippen LogP contribution in [-0.4, -0.2) is 13.1 Å². The number of nitrogens with zero attached hydrogens (tertiary/aromatic N) is 1. The Morgan fingerprint density at radius 2 is 1.64 bits per heavy atom. The van der Waals surface area contributed by atoms with Crippen molar-refractivity contribution in [3.05, 3.63) is 5.32 Å². The van der Waals surface area contributed by atoms with Gasteiger partial charge in [0.05, 0.1) is 0 Å². The van der Waals surface area contributed by atoms with Crippen molar-refractivity contribution in [2.24, 2.45) is 11.8 Å². The third-order valence-corrected chi connectivity index (χ3v) is 2.13. The third-order valence-electron chi connectivity index (χ3n) is 2.13. The predicted octanol–water partition coefficient (Wildman–Crippen LogP) is 0.0662. The molecule has 1 nitrogen and oxygen atoms in total. The summed E-state index contributed by atoms with van der Waals surface area (Å²) >= 11 is 0.